The number of likely N-dealkylation sites (tertiary alicyclic amines) is 3. The number of ether oxygens (including phenoxy) is 3. The van der Waals surface area contributed by atoms with Crippen molar-refractivity contribution in [2.45, 2.75) is 47.0 Å². The van der Waals surface area contributed by atoms with E-state index < -0.39 is 87.3 Å². The molecule has 6 aliphatic rings. The largest absolute Gasteiger partial charge is 0.435 e. The minimum absolute atomic E-state index is 0.0190. The van der Waals surface area contributed by atoms with Crippen LogP contribution in [-0.2, 0) is 0 Å². The maximum atomic E-state index is 15.3. The summed E-state index contributed by atoms with van der Waals surface area (Å²) in [5.41, 5.74) is 4.19. The molecule has 0 radical (unpaired) electrons. The van der Waals surface area contributed by atoms with E-state index in [-0.39, 0.29) is 84.5 Å². The van der Waals surface area contributed by atoms with Gasteiger partial charge in [0, 0.05) is 186 Å². The van der Waals surface area contributed by atoms with E-state index in [2.05, 4.69) is 82.8 Å². The van der Waals surface area contributed by atoms with E-state index in [1.165, 1.54) is 36.4 Å². The van der Waals surface area contributed by atoms with Gasteiger partial charge in [0.05, 0.1) is 33.6 Å². The number of carbonyl (C=O) groups excluding carboxylic acids is 3. The predicted octanol–water partition coefficient (Wildman–Crippen LogP) is 14.5. The third-order valence-corrected chi connectivity index (χ3v) is 21.9. The summed E-state index contributed by atoms with van der Waals surface area (Å²) in [5, 5.41) is 12.3. The molecule has 36 heteroatoms. The molecule has 18 rings (SSSR count). The van der Waals surface area contributed by atoms with Crippen LogP contribution in [-0.4, -0.2) is 218 Å². The van der Waals surface area contributed by atoms with E-state index in [0.29, 0.717) is 117 Å². The third kappa shape index (κ3) is 16.8. The number of amides is 3. The maximum Gasteiger partial charge on any atom is 0.263 e. The Kier molecular flexibility index (Phi) is 23.3. The van der Waals surface area contributed by atoms with Crippen molar-refractivity contribution in [2.75, 3.05) is 162 Å². The molecule has 6 fully saturated rings. The van der Waals surface area contributed by atoms with E-state index >= 15 is 26.3 Å². The number of hydrogen-bond donors (Lipinski definition) is 7. The molecule has 3 amide bonds. The van der Waals surface area contributed by atoms with Crippen LogP contribution in [0.15, 0.2) is 110 Å². The summed E-state index contributed by atoms with van der Waals surface area (Å²) in [5.74, 6) is -8.85. The molecule has 0 saturated carbocycles. The lowest BCUT2D eigenvalue weighted by molar-refractivity contribution is 0.0641. The summed E-state index contributed by atoms with van der Waals surface area (Å²) in [4.78, 5) is 88.8. The average molecular weight is 1650 g/mol. The number of likely N-dealkylation sites (N-methyl/N-ethyl adjacent to an activating group) is 2. The van der Waals surface area contributed by atoms with Crippen molar-refractivity contribution in [2.24, 2.45) is 0 Å². The molecule has 0 unspecified atom stereocenters. The van der Waals surface area contributed by atoms with Crippen molar-refractivity contribution in [1.82, 2.24) is 74.7 Å². The van der Waals surface area contributed by atoms with Crippen LogP contribution in [0.4, 0.5) is 91.1 Å². The molecule has 7 N–H and O–H groups in total. The molecule has 624 valence electrons. The van der Waals surface area contributed by atoms with Crippen LogP contribution in [0.5, 0.6) is 34.9 Å². The van der Waals surface area contributed by atoms with Crippen LogP contribution in [0.3, 0.4) is 0 Å². The SMILES string of the molecule is CCN1CCN(c2ccc(Nc3ncnc(Oc4cc(F)c5[nH]c(C)cc5c4F)c3C(=O)N3CCC3)cc2F)CC1.Cc1cc2c(F)c(Oc3ncnc(Nc4ccc(N5CCN(C)CC5)c(F)c4)c3C(=O)N3CCC3)cc(F)c2[nH]1.Cc1cc2c(F)c(Oc3ncnc(Nc4ccc(N5CCNCC5)c(F)c4)c3C(=O)N3CCC3)cc(F)c2[nH]1. The van der Waals surface area contributed by atoms with Gasteiger partial charge in [0.1, 0.15) is 53.1 Å². The lowest BCUT2D eigenvalue weighted by atomic mass is 10.1. The van der Waals surface area contributed by atoms with Crippen molar-refractivity contribution in [1.29, 1.82) is 0 Å². The van der Waals surface area contributed by atoms with Crippen LogP contribution >= 0.6 is 0 Å². The number of aromatic amines is 3. The monoisotopic (exact) mass is 1650 g/mol. The number of hydrogen-bond acceptors (Lipinski definition) is 21. The van der Waals surface area contributed by atoms with Gasteiger partial charge in [0.25, 0.3) is 17.7 Å². The molecule has 120 heavy (non-hydrogen) atoms. The second kappa shape index (κ2) is 34.5. The van der Waals surface area contributed by atoms with Gasteiger partial charge in [0.2, 0.25) is 17.6 Å². The van der Waals surface area contributed by atoms with Crippen molar-refractivity contribution in [3.63, 3.8) is 0 Å². The van der Waals surface area contributed by atoms with Gasteiger partial charge in [-0.1, -0.05) is 6.92 Å². The molecule has 0 bridgehead atoms. The Morgan fingerprint density at radius 3 is 0.983 bits per heavy atom. The summed E-state index contributed by atoms with van der Waals surface area (Å²) in [6, 6.07) is 21.3. The fourth-order valence-corrected chi connectivity index (χ4v) is 15.0. The number of aromatic nitrogens is 9. The number of fused-ring (bicyclic) bond motifs is 3. The Morgan fingerprint density at radius 2 is 0.692 bits per heavy atom. The fourth-order valence-electron chi connectivity index (χ4n) is 15.0. The quantitative estimate of drug-likeness (QED) is 0.0371. The van der Waals surface area contributed by atoms with Crippen molar-refractivity contribution in [3.05, 3.63) is 196 Å². The van der Waals surface area contributed by atoms with Crippen molar-refractivity contribution < 1.29 is 68.1 Å². The van der Waals surface area contributed by atoms with Crippen LogP contribution in [0, 0.1) is 73.1 Å². The highest BCUT2D eigenvalue weighted by molar-refractivity contribution is 6.04. The zero-order valence-electron chi connectivity index (χ0n) is 66.1. The second-order valence-corrected chi connectivity index (χ2v) is 30.0. The number of H-pyrrole nitrogens is 3. The van der Waals surface area contributed by atoms with E-state index in [9.17, 15) is 27.6 Å². The lowest BCUT2D eigenvalue weighted by Crippen LogP contribution is -2.46. The van der Waals surface area contributed by atoms with Crippen LogP contribution in [0.1, 0.15) is 74.3 Å². The van der Waals surface area contributed by atoms with Crippen molar-refractivity contribution >= 4 is 102 Å². The standard InChI is InChI=1S/C29H30F3N7O2.C28H28F3N7O2.C27H26F3N7O2/c1-3-37-9-11-38(12-10-37)22-6-5-18(14-20(22)30)36-27-24(29(40)39-7-4-8-39)28(34-16-33-27)41-23-15-21(31)26-19(25(23)32)13-17(2)35-26;1-16-12-18-24(31)22(14-20(30)25(18)34-16)40-27-23(28(39)38-6-3-7-38)26(32-15-33-27)35-17-4-5-21(19(29)13-17)37-10-8-36(2)9-11-37;1-15-11-17-23(30)21(13-19(29)24(17)34-15)39-26-22(27(38)37-7-2-8-37)25(32-14-33-26)35-16-3-4-20(18(28)12-16)36-9-5-31-6-10-36/h5-6,13-16,35H,3-4,7-12H2,1-2H3,(H,33,34,36);4-5,12-15,34H,3,6-11H2,1-2H3,(H,32,33,35);3-4,11-14,31,34H,2,5-10H2,1H3,(H,32,33,35). The van der Waals surface area contributed by atoms with E-state index in [1.54, 1.807) is 71.9 Å². The zero-order chi connectivity index (χ0) is 83.7. The number of anilines is 9. The van der Waals surface area contributed by atoms with Gasteiger partial charge in [-0.05, 0) is 126 Å². The van der Waals surface area contributed by atoms with Gasteiger partial charge in [-0.25, -0.2) is 69.4 Å². The van der Waals surface area contributed by atoms with Gasteiger partial charge in [-0.15, -0.1) is 0 Å². The first-order valence-corrected chi connectivity index (χ1v) is 39.4. The average Bonchev–Trinajstić information content (AvgIpc) is 1.55. The Hall–Kier alpha value is -13.0. The van der Waals surface area contributed by atoms with Gasteiger partial charge in [-0.2, -0.15) is 0 Å². The highest BCUT2D eigenvalue weighted by Crippen LogP contribution is 2.42. The third-order valence-electron chi connectivity index (χ3n) is 21.9. The zero-order valence-corrected chi connectivity index (χ0v) is 66.1. The second-order valence-electron chi connectivity index (χ2n) is 30.0. The van der Waals surface area contributed by atoms with Gasteiger partial charge < -0.3 is 89.6 Å². The molecule has 6 saturated heterocycles. The van der Waals surface area contributed by atoms with E-state index in [4.69, 9.17) is 14.2 Å². The Balaban J connectivity index is 0.000000134. The first-order valence-electron chi connectivity index (χ1n) is 39.4. The maximum absolute atomic E-state index is 15.3. The molecule has 27 nitrogen and oxygen atoms in total. The number of benzene rings is 6. The molecule has 0 atom stereocenters. The molecule has 12 heterocycles. The fraction of sp³-hybridized carbons (Fsp3) is 0.321. The minimum atomic E-state index is -0.795. The number of nitrogens with zero attached hydrogens (tertiary/aromatic N) is 14. The summed E-state index contributed by atoms with van der Waals surface area (Å²) < 4.78 is 153. The number of piperazine rings is 3. The Bertz CT molecular complexity index is 5900. The van der Waals surface area contributed by atoms with E-state index in [1.807, 2.05) is 21.7 Å². The topological polar surface area (TPSA) is 278 Å². The van der Waals surface area contributed by atoms with E-state index in [0.717, 1.165) is 115 Å². The van der Waals surface area contributed by atoms with Gasteiger partial charge >= 0.3 is 0 Å². The molecule has 0 aliphatic carbocycles. The number of aryl methyl sites for hydroxylation is 3. The summed E-state index contributed by atoms with van der Waals surface area (Å²) in [7, 11) is 2.03. The smallest absolute Gasteiger partial charge is 0.263 e. The lowest BCUT2D eigenvalue weighted by Gasteiger charge is -2.35. The van der Waals surface area contributed by atoms with Gasteiger partial charge in [0.15, 0.2) is 69.6 Å². The summed E-state index contributed by atoms with van der Waals surface area (Å²) in [6.45, 7) is 20.5. The highest BCUT2D eigenvalue weighted by Gasteiger charge is 2.35. The molecule has 6 aliphatic heterocycles. The molecular weight excluding hydrogens is 1570 g/mol. The molecule has 0 spiro atoms. The first kappa shape index (κ1) is 80.8. The molecular formula is C84H84F9N21O6. The van der Waals surface area contributed by atoms with Crippen LogP contribution in [0.2, 0.25) is 0 Å². The highest BCUT2D eigenvalue weighted by atomic mass is 19.2. The first-order chi connectivity index (χ1) is 58.0. The molecule has 6 aromatic carbocycles. The normalized spacial score (nSPS) is 15.7. The summed E-state index contributed by atoms with van der Waals surface area (Å²) >= 11 is 0. The Morgan fingerprint density at radius 1 is 0.383 bits per heavy atom. The predicted molar refractivity (Wildman–Crippen MR) is 435 cm³/mol. The van der Waals surface area contributed by atoms with Crippen LogP contribution < -0.4 is 50.2 Å². The number of nitrogens with one attached hydrogen (secondary N) is 7. The Labute approximate surface area is 681 Å². The number of carbonyl (C=O) groups is 3. The van der Waals surface area contributed by atoms with Gasteiger partial charge in [-0.3, -0.25) is 14.4 Å². The number of rotatable bonds is 19. The number of halogens is 9. The molecule has 12 aromatic rings. The van der Waals surface area contributed by atoms with Crippen LogP contribution in [0.25, 0.3) is 32.7 Å². The molecule has 6 aromatic heterocycles. The van der Waals surface area contributed by atoms with Crippen molar-refractivity contribution in [3.8, 4) is 34.9 Å². The summed E-state index contributed by atoms with van der Waals surface area (Å²) in [6.07, 6.45) is 5.94. The minimum Gasteiger partial charge on any atom is -0.435 e.